The zero-order valence-corrected chi connectivity index (χ0v) is 18.6. The summed E-state index contributed by atoms with van der Waals surface area (Å²) >= 11 is 0. The molecule has 0 unspecified atom stereocenters. The number of amidine groups is 2. The third-order valence-electron chi connectivity index (χ3n) is 4.61. The van der Waals surface area contributed by atoms with Crippen LogP contribution in [0.5, 0.6) is 5.75 Å². The number of phenolic OH excluding ortho intramolecular Hbond substituents is 1. The van der Waals surface area contributed by atoms with Gasteiger partial charge in [0.15, 0.2) is 17.4 Å². The van der Waals surface area contributed by atoms with Crippen molar-refractivity contribution in [3.05, 3.63) is 46.9 Å². The first-order valence-electron chi connectivity index (χ1n) is 9.61. The van der Waals surface area contributed by atoms with Crippen LogP contribution in [0.1, 0.15) is 54.3 Å². The number of nitrogens with zero attached hydrogens (tertiary/aromatic N) is 3. The van der Waals surface area contributed by atoms with Crippen molar-refractivity contribution in [2.24, 2.45) is 26.9 Å². The van der Waals surface area contributed by atoms with Gasteiger partial charge >= 0.3 is 0 Å². The summed E-state index contributed by atoms with van der Waals surface area (Å²) in [6.45, 7) is 9.65. The first-order valence-corrected chi connectivity index (χ1v) is 9.61. The molecule has 0 saturated carbocycles. The molecule has 1 atom stereocenters. The molecule has 8 heteroatoms. The molecule has 0 spiro atoms. The number of benzene rings is 1. The molecule has 0 saturated heterocycles. The molecule has 0 aliphatic heterocycles. The predicted molar refractivity (Wildman–Crippen MR) is 119 cm³/mol. The topological polar surface area (TPSA) is 130 Å². The summed E-state index contributed by atoms with van der Waals surface area (Å²) in [5.74, 6) is 0.825. The molecule has 0 aliphatic carbocycles. The molecule has 162 valence electrons. The summed E-state index contributed by atoms with van der Waals surface area (Å²) in [5.41, 5.74) is 12.9. The number of furan rings is 1. The molecule has 5 N–H and O–H groups in total. The lowest BCUT2D eigenvalue weighted by molar-refractivity contribution is 0.0824. The zero-order chi connectivity index (χ0) is 22.8. The second-order valence-electron chi connectivity index (χ2n) is 8.55. The smallest absolute Gasteiger partial charge is 0.257 e. The Hall–Kier alpha value is -3.29. The second kappa shape index (κ2) is 8.61. The Balaban J connectivity index is 2.47. The van der Waals surface area contributed by atoms with Gasteiger partial charge in [-0.25, -0.2) is 4.99 Å². The van der Waals surface area contributed by atoms with Gasteiger partial charge in [-0.1, -0.05) is 26.8 Å². The molecule has 2 aromatic rings. The van der Waals surface area contributed by atoms with Crippen LogP contribution in [-0.2, 0) is 0 Å². The molecular formula is C22H31N5O3. The van der Waals surface area contributed by atoms with E-state index >= 15 is 0 Å². The van der Waals surface area contributed by atoms with Crippen molar-refractivity contribution in [3.8, 4) is 5.75 Å². The number of hydrogen-bond donors (Lipinski definition) is 3. The largest absolute Gasteiger partial charge is 0.505 e. The SMILES string of the molecule is Cc1ccc([C@H](N=C(N)C(N)=Nc2ccc(C)c(C(=O)N(C)C)c2O)C(C)(C)C)o1. The predicted octanol–water partition coefficient (Wildman–Crippen LogP) is 3.44. The minimum Gasteiger partial charge on any atom is -0.505 e. The van der Waals surface area contributed by atoms with Crippen molar-refractivity contribution in [3.63, 3.8) is 0 Å². The van der Waals surface area contributed by atoms with Crippen molar-refractivity contribution in [1.29, 1.82) is 0 Å². The number of hydrogen-bond acceptors (Lipinski definition) is 5. The maximum absolute atomic E-state index is 12.4. The lowest BCUT2D eigenvalue weighted by Crippen LogP contribution is -2.33. The fourth-order valence-corrected chi connectivity index (χ4v) is 2.94. The van der Waals surface area contributed by atoms with E-state index in [1.54, 1.807) is 33.2 Å². The molecule has 30 heavy (non-hydrogen) atoms. The van der Waals surface area contributed by atoms with Gasteiger partial charge in [0.25, 0.3) is 5.91 Å². The van der Waals surface area contributed by atoms with Crippen LogP contribution in [0.25, 0.3) is 0 Å². The second-order valence-corrected chi connectivity index (χ2v) is 8.55. The molecule has 2 rings (SSSR count). The fourth-order valence-electron chi connectivity index (χ4n) is 2.94. The van der Waals surface area contributed by atoms with Crippen LogP contribution in [0.15, 0.2) is 38.7 Å². The van der Waals surface area contributed by atoms with Crippen LogP contribution in [0.4, 0.5) is 5.69 Å². The molecule has 0 aliphatic rings. The fraction of sp³-hybridized carbons (Fsp3) is 0.409. The molecule has 1 amide bonds. The molecule has 0 radical (unpaired) electrons. The number of aliphatic imine (C=N–C) groups is 2. The van der Waals surface area contributed by atoms with Gasteiger partial charge < -0.3 is 25.9 Å². The van der Waals surface area contributed by atoms with Gasteiger partial charge in [0.05, 0.1) is 5.56 Å². The quantitative estimate of drug-likeness (QED) is 0.522. The maximum atomic E-state index is 12.4. The van der Waals surface area contributed by atoms with Crippen LogP contribution in [0.2, 0.25) is 0 Å². The Labute approximate surface area is 177 Å². The first kappa shape index (κ1) is 23.0. The number of phenols is 1. The Morgan fingerprint density at radius 3 is 2.23 bits per heavy atom. The van der Waals surface area contributed by atoms with Gasteiger partial charge in [-0.15, -0.1) is 0 Å². The van der Waals surface area contributed by atoms with Crippen molar-refractivity contribution in [2.75, 3.05) is 14.1 Å². The summed E-state index contributed by atoms with van der Waals surface area (Å²) in [6, 6.07) is 6.62. The summed E-state index contributed by atoms with van der Waals surface area (Å²) in [5, 5.41) is 10.6. The minimum atomic E-state index is -0.377. The normalized spacial score (nSPS) is 14.0. The van der Waals surface area contributed by atoms with Gasteiger partial charge in [-0.3, -0.25) is 9.79 Å². The van der Waals surface area contributed by atoms with E-state index in [0.29, 0.717) is 11.3 Å². The van der Waals surface area contributed by atoms with E-state index < -0.39 is 0 Å². The number of rotatable bonds is 4. The highest BCUT2D eigenvalue weighted by Gasteiger charge is 2.29. The number of aryl methyl sites for hydroxylation is 2. The maximum Gasteiger partial charge on any atom is 0.257 e. The molecule has 0 bridgehead atoms. The Kier molecular flexibility index (Phi) is 6.60. The van der Waals surface area contributed by atoms with Crippen LogP contribution in [0, 0.1) is 19.3 Å². The van der Waals surface area contributed by atoms with E-state index in [0.717, 1.165) is 5.76 Å². The van der Waals surface area contributed by atoms with E-state index in [2.05, 4.69) is 9.98 Å². The number of amides is 1. The van der Waals surface area contributed by atoms with Gasteiger partial charge in [0, 0.05) is 14.1 Å². The number of carbonyl (C=O) groups excluding carboxylic acids is 1. The zero-order valence-electron chi connectivity index (χ0n) is 18.6. The highest BCUT2D eigenvalue weighted by atomic mass is 16.3. The number of carbonyl (C=O) groups is 1. The van der Waals surface area contributed by atoms with E-state index in [9.17, 15) is 9.90 Å². The molecule has 1 aromatic heterocycles. The lowest BCUT2D eigenvalue weighted by Gasteiger charge is -2.26. The van der Waals surface area contributed by atoms with Crippen molar-refractivity contribution in [1.82, 2.24) is 4.90 Å². The highest BCUT2D eigenvalue weighted by molar-refractivity contribution is 6.39. The highest BCUT2D eigenvalue weighted by Crippen LogP contribution is 2.37. The summed E-state index contributed by atoms with van der Waals surface area (Å²) in [4.78, 5) is 22.6. The summed E-state index contributed by atoms with van der Waals surface area (Å²) in [7, 11) is 3.22. The Morgan fingerprint density at radius 1 is 1.10 bits per heavy atom. The Morgan fingerprint density at radius 2 is 1.73 bits per heavy atom. The summed E-state index contributed by atoms with van der Waals surface area (Å²) in [6.07, 6.45) is 0. The molecular weight excluding hydrogens is 382 g/mol. The van der Waals surface area contributed by atoms with E-state index in [1.807, 2.05) is 39.8 Å². The van der Waals surface area contributed by atoms with E-state index in [-0.39, 0.29) is 46.0 Å². The first-order chi connectivity index (χ1) is 13.8. The van der Waals surface area contributed by atoms with Crippen molar-refractivity contribution >= 4 is 23.3 Å². The van der Waals surface area contributed by atoms with Crippen LogP contribution in [0.3, 0.4) is 0 Å². The molecule has 1 heterocycles. The van der Waals surface area contributed by atoms with Gasteiger partial charge in [0.2, 0.25) is 0 Å². The Bertz CT molecular complexity index is 997. The van der Waals surface area contributed by atoms with Gasteiger partial charge in [0.1, 0.15) is 23.2 Å². The number of nitrogens with two attached hydrogens (primary N) is 2. The minimum absolute atomic E-state index is 0.0180. The number of aromatic hydroxyl groups is 1. The van der Waals surface area contributed by atoms with Gasteiger partial charge in [-0.05, 0) is 43.0 Å². The molecule has 1 aromatic carbocycles. The third kappa shape index (κ3) is 5.00. The van der Waals surface area contributed by atoms with Crippen molar-refractivity contribution < 1.29 is 14.3 Å². The van der Waals surface area contributed by atoms with Crippen LogP contribution in [-0.4, -0.2) is 41.7 Å². The standard InChI is InChI=1S/C22H31N5O3/c1-12-8-10-14(17(28)16(12)21(29)27(6)7)25-19(23)20(24)26-18(22(3,4)5)15-11-9-13(2)30-15/h8-11,18,28H,1-7H3,(H2,23,25)(H2,24,26)/t18-/m0/s1. The lowest BCUT2D eigenvalue weighted by atomic mass is 9.85. The molecule has 8 nitrogen and oxygen atoms in total. The van der Waals surface area contributed by atoms with Crippen LogP contribution >= 0.6 is 0 Å². The van der Waals surface area contributed by atoms with E-state index in [1.165, 1.54) is 4.90 Å². The van der Waals surface area contributed by atoms with Gasteiger partial charge in [-0.2, -0.15) is 0 Å². The third-order valence-corrected chi connectivity index (χ3v) is 4.61. The molecule has 0 fully saturated rings. The average molecular weight is 414 g/mol. The van der Waals surface area contributed by atoms with Crippen molar-refractivity contribution in [2.45, 2.75) is 40.7 Å². The van der Waals surface area contributed by atoms with Crippen LogP contribution < -0.4 is 11.5 Å². The average Bonchev–Trinajstić information content (AvgIpc) is 3.06. The monoisotopic (exact) mass is 413 g/mol. The summed E-state index contributed by atoms with van der Waals surface area (Å²) < 4.78 is 5.74. The van der Waals surface area contributed by atoms with E-state index in [4.69, 9.17) is 15.9 Å².